The van der Waals surface area contributed by atoms with Crippen LogP contribution in [0.25, 0.3) is 11.1 Å². The molecule has 1 atom stereocenters. The first-order valence-corrected chi connectivity index (χ1v) is 10.4. The van der Waals surface area contributed by atoms with Gasteiger partial charge in [0.15, 0.2) is 17.1 Å². The zero-order chi connectivity index (χ0) is 22.8. The molecule has 0 amide bonds. The fourth-order valence-electron chi connectivity index (χ4n) is 4.28. The molecule has 168 valence electrons. The van der Waals surface area contributed by atoms with Crippen LogP contribution in [0.1, 0.15) is 16.7 Å². The fraction of sp³-hybridized carbons (Fsp3) is 0.200. The maximum absolute atomic E-state index is 15.0. The highest BCUT2D eigenvalue weighted by Crippen LogP contribution is 2.42. The molecule has 0 aliphatic carbocycles. The molecule has 0 aromatic heterocycles. The smallest absolute Gasteiger partial charge is 0.320 e. The van der Waals surface area contributed by atoms with Gasteiger partial charge in [0.25, 0.3) is 0 Å². The van der Waals surface area contributed by atoms with E-state index < -0.39 is 11.4 Å². The van der Waals surface area contributed by atoms with Crippen LogP contribution in [0.15, 0.2) is 65.7 Å². The molecule has 3 aromatic carbocycles. The van der Waals surface area contributed by atoms with Gasteiger partial charge in [-0.2, -0.15) is 5.48 Å². The lowest BCUT2D eigenvalue weighted by Gasteiger charge is -2.26. The maximum Gasteiger partial charge on any atom is 0.320 e. The van der Waals surface area contributed by atoms with Crippen LogP contribution in [0.2, 0.25) is 0 Å². The van der Waals surface area contributed by atoms with Crippen LogP contribution < -0.4 is 15.0 Å². The highest BCUT2D eigenvalue weighted by Gasteiger charge is 2.41. The number of halogens is 1. The highest BCUT2D eigenvalue weighted by atomic mass is 19.1. The first-order chi connectivity index (χ1) is 16.1. The van der Waals surface area contributed by atoms with Crippen molar-refractivity contribution in [3.05, 3.63) is 83.2 Å². The van der Waals surface area contributed by atoms with Gasteiger partial charge in [-0.3, -0.25) is 4.79 Å². The molecule has 2 aliphatic heterocycles. The van der Waals surface area contributed by atoms with E-state index in [9.17, 15) is 9.18 Å². The van der Waals surface area contributed by atoms with Gasteiger partial charge in [0.1, 0.15) is 12.4 Å². The number of fused-ring (bicyclic) bond motifs is 1. The lowest BCUT2D eigenvalue weighted by atomic mass is 9.82. The third-order valence-corrected chi connectivity index (χ3v) is 5.91. The molecule has 0 saturated heterocycles. The first kappa shape index (κ1) is 20.8. The van der Waals surface area contributed by atoms with Crippen molar-refractivity contribution in [1.82, 2.24) is 5.48 Å². The summed E-state index contributed by atoms with van der Waals surface area (Å²) in [5, 5.41) is 0. The molecule has 3 aromatic rings. The zero-order valence-corrected chi connectivity index (χ0v) is 17.8. The van der Waals surface area contributed by atoms with E-state index in [0.29, 0.717) is 17.7 Å². The van der Waals surface area contributed by atoms with Crippen LogP contribution in [0.3, 0.4) is 0 Å². The minimum absolute atomic E-state index is 0.0804. The topological polar surface area (TPSA) is 78.4 Å². The quantitative estimate of drug-likeness (QED) is 0.457. The highest BCUT2D eigenvalue weighted by molar-refractivity contribution is 5.77. The number of rotatable bonds is 6. The summed E-state index contributed by atoms with van der Waals surface area (Å²) in [5.74, 6) is 0.589. The SMILES string of the molecule is COc1cccc(-c2cccc(C3(c4ccc5c(c4)CCO5)COC(NOC=O)=N3)c2)c1F. The molecule has 2 aliphatic rings. The summed E-state index contributed by atoms with van der Waals surface area (Å²) in [6, 6.07) is 18.5. The van der Waals surface area contributed by atoms with Gasteiger partial charge in [0.05, 0.1) is 13.7 Å². The van der Waals surface area contributed by atoms with Crippen molar-refractivity contribution in [2.45, 2.75) is 12.0 Å². The number of nitrogens with zero attached hydrogens (tertiary/aromatic N) is 1. The van der Waals surface area contributed by atoms with Gasteiger partial charge in [0.2, 0.25) is 0 Å². The van der Waals surface area contributed by atoms with E-state index in [1.54, 1.807) is 18.2 Å². The number of benzene rings is 3. The summed E-state index contributed by atoms with van der Waals surface area (Å²) in [6.07, 6.45) is 0.804. The van der Waals surface area contributed by atoms with Crippen molar-refractivity contribution >= 4 is 12.5 Å². The van der Waals surface area contributed by atoms with Gasteiger partial charge in [0, 0.05) is 12.0 Å². The standard InChI is InChI=1S/C25H21FN2O5/c1-30-22-7-3-6-20(23(22)26)16-4-2-5-18(12-16)25(14-32-24(27-25)28-33-15-29)19-8-9-21-17(13-19)10-11-31-21/h2-9,12-13,15H,10-11,14H2,1H3,(H,27,28). The van der Waals surface area contributed by atoms with E-state index in [2.05, 4.69) is 16.4 Å². The Balaban J connectivity index is 1.64. The van der Waals surface area contributed by atoms with E-state index in [4.69, 9.17) is 19.2 Å². The van der Waals surface area contributed by atoms with Crippen molar-refractivity contribution in [2.75, 3.05) is 20.3 Å². The molecule has 1 unspecified atom stereocenters. The van der Waals surface area contributed by atoms with E-state index in [1.165, 1.54) is 7.11 Å². The Morgan fingerprint density at radius 3 is 2.79 bits per heavy atom. The van der Waals surface area contributed by atoms with Crippen molar-refractivity contribution < 1.29 is 28.2 Å². The molecule has 5 rings (SSSR count). The fourth-order valence-corrected chi connectivity index (χ4v) is 4.28. The number of carbonyl (C=O) groups excluding carboxylic acids is 1. The average Bonchev–Trinajstić information content (AvgIpc) is 3.50. The predicted octanol–water partition coefficient (Wildman–Crippen LogP) is 3.74. The number of hydroxylamine groups is 1. The third kappa shape index (κ3) is 3.63. The molecular weight excluding hydrogens is 427 g/mol. The second-order valence-electron chi connectivity index (χ2n) is 7.71. The summed E-state index contributed by atoms with van der Waals surface area (Å²) in [5.41, 5.74) is 5.33. The lowest BCUT2D eigenvalue weighted by molar-refractivity contribution is -0.132. The van der Waals surface area contributed by atoms with Crippen LogP contribution >= 0.6 is 0 Å². The largest absolute Gasteiger partial charge is 0.494 e. The average molecular weight is 448 g/mol. The second-order valence-corrected chi connectivity index (χ2v) is 7.71. The molecule has 0 bridgehead atoms. The second kappa shape index (κ2) is 8.46. The number of methoxy groups -OCH3 is 1. The maximum atomic E-state index is 15.0. The van der Waals surface area contributed by atoms with E-state index >= 15 is 0 Å². The van der Waals surface area contributed by atoms with Crippen LogP contribution in [-0.4, -0.2) is 32.8 Å². The Bertz CT molecular complexity index is 1250. The molecule has 33 heavy (non-hydrogen) atoms. The number of hydrogen-bond donors (Lipinski definition) is 1. The Morgan fingerprint density at radius 1 is 1.09 bits per heavy atom. The molecule has 0 fully saturated rings. The van der Waals surface area contributed by atoms with Crippen molar-refractivity contribution in [2.24, 2.45) is 4.99 Å². The summed E-state index contributed by atoms with van der Waals surface area (Å²) in [6.45, 7) is 1.06. The summed E-state index contributed by atoms with van der Waals surface area (Å²) >= 11 is 0. The van der Waals surface area contributed by atoms with E-state index in [0.717, 1.165) is 28.9 Å². The minimum atomic E-state index is -0.933. The lowest BCUT2D eigenvalue weighted by Crippen LogP contribution is -2.27. The molecule has 8 heteroatoms. The number of carbonyl (C=O) groups is 1. The van der Waals surface area contributed by atoms with Gasteiger partial charge in [-0.05, 0) is 46.5 Å². The Kier molecular flexibility index (Phi) is 5.34. The molecule has 7 nitrogen and oxygen atoms in total. The van der Waals surface area contributed by atoms with E-state index in [-0.39, 0.29) is 24.9 Å². The number of ether oxygens (including phenoxy) is 3. The monoisotopic (exact) mass is 448 g/mol. The Labute approximate surface area is 189 Å². The zero-order valence-electron chi connectivity index (χ0n) is 17.8. The predicted molar refractivity (Wildman–Crippen MR) is 118 cm³/mol. The molecule has 0 radical (unpaired) electrons. The Morgan fingerprint density at radius 2 is 1.94 bits per heavy atom. The van der Waals surface area contributed by atoms with Crippen LogP contribution in [0.4, 0.5) is 4.39 Å². The minimum Gasteiger partial charge on any atom is -0.494 e. The van der Waals surface area contributed by atoms with Crippen molar-refractivity contribution in [1.29, 1.82) is 0 Å². The van der Waals surface area contributed by atoms with Crippen LogP contribution in [-0.2, 0) is 26.3 Å². The summed E-state index contributed by atoms with van der Waals surface area (Å²) < 4.78 is 31.5. The van der Waals surface area contributed by atoms with Crippen LogP contribution in [0.5, 0.6) is 11.5 Å². The Hall–Kier alpha value is -4.07. The number of nitrogens with one attached hydrogen (secondary N) is 1. The normalized spacial score (nSPS) is 18.5. The summed E-state index contributed by atoms with van der Waals surface area (Å²) in [7, 11) is 1.44. The van der Waals surface area contributed by atoms with Crippen LogP contribution in [0, 0.1) is 5.82 Å². The number of amidine groups is 1. The molecular formula is C25H21FN2O5. The molecule has 0 spiro atoms. The van der Waals surface area contributed by atoms with Gasteiger partial charge >= 0.3 is 12.5 Å². The van der Waals surface area contributed by atoms with Gasteiger partial charge < -0.3 is 19.0 Å². The summed E-state index contributed by atoms with van der Waals surface area (Å²) in [4.78, 5) is 20.0. The van der Waals surface area contributed by atoms with E-state index in [1.807, 2.05) is 36.4 Å². The van der Waals surface area contributed by atoms with Crippen molar-refractivity contribution in [3.8, 4) is 22.6 Å². The third-order valence-electron chi connectivity index (χ3n) is 5.91. The number of hydrogen-bond acceptors (Lipinski definition) is 7. The molecule has 1 N–H and O–H groups in total. The van der Waals surface area contributed by atoms with Gasteiger partial charge in [-0.15, -0.1) is 0 Å². The molecule has 2 heterocycles. The van der Waals surface area contributed by atoms with Gasteiger partial charge in [-0.1, -0.05) is 36.4 Å². The van der Waals surface area contributed by atoms with Gasteiger partial charge in [-0.25, -0.2) is 9.38 Å². The molecule has 0 saturated carbocycles. The first-order valence-electron chi connectivity index (χ1n) is 10.4. The number of aliphatic imine (C=N–C) groups is 1. The van der Waals surface area contributed by atoms with Crippen molar-refractivity contribution in [3.63, 3.8) is 0 Å².